The predicted octanol–water partition coefficient (Wildman–Crippen LogP) is 3.56. The summed E-state index contributed by atoms with van der Waals surface area (Å²) in [5.74, 6) is 0.135. The van der Waals surface area contributed by atoms with Crippen LogP contribution in [0.5, 0.6) is 0 Å². The van der Waals surface area contributed by atoms with Gasteiger partial charge in [0, 0.05) is 18.8 Å². The number of carbonyl (C=O) groups excluding carboxylic acids is 2. The number of ketones is 1. The Labute approximate surface area is 171 Å². The second-order valence-corrected chi connectivity index (χ2v) is 9.74. The molecule has 4 aliphatic rings. The van der Waals surface area contributed by atoms with Gasteiger partial charge in [-0.3, -0.25) is 9.59 Å². The molecule has 6 nitrogen and oxygen atoms in total. The van der Waals surface area contributed by atoms with Crippen molar-refractivity contribution in [3.05, 3.63) is 23.3 Å². The van der Waals surface area contributed by atoms with Crippen molar-refractivity contribution >= 4 is 17.5 Å². The summed E-state index contributed by atoms with van der Waals surface area (Å²) in [5, 5.41) is 25.1. The summed E-state index contributed by atoms with van der Waals surface area (Å²) in [6.07, 6.45) is 9.06. The number of carbonyl (C=O) groups is 2. The molecule has 2 fully saturated rings. The zero-order chi connectivity index (χ0) is 21.0. The van der Waals surface area contributed by atoms with E-state index in [1.165, 1.54) is 6.92 Å². The smallest absolute Gasteiger partial charge is 0.303 e. The topological polar surface area (TPSA) is 96.2 Å². The van der Waals surface area contributed by atoms with Crippen LogP contribution in [0, 0.1) is 22.7 Å². The van der Waals surface area contributed by atoms with Crippen LogP contribution in [0.1, 0.15) is 65.7 Å². The summed E-state index contributed by atoms with van der Waals surface area (Å²) in [7, 11) is 0. The van der Waals surface area contributed by atoms with Crippen LogP contribution in [0.4, 0.5) is 0 Å². The SMILES string of the molecule is CC(=O)OC/C(=N/O)C1=CC[C@H]2[C@@H]3CCC4=CC(=O)CC[C@]4(C)[C@@]3(O)CC[C@]12C. The van der Waals surface area contributed by atoms with Gasteiger partial charge in [0.1, 0.15) is 12.3 Å². The lowest BCUT2D eigenvalue weighted by atomic mass is 9.44. The monoisotopic (exact) mass is 401 g/mol. The van der Waals surface area contributed by atoms with Crippen molar-refractivity contribution in [2.24, 2.45) is 27.8 Å². The molecule has 29 heavy (non-hydrogen) atoms. The van der Waals surface area contributed by atoms with Crippen molar-refractivity contribution in [1.29, 1.82) is 0 Å². The van der Waals surface area contributed by atoms with E-state index in [0.29, 0.717) is 25.0 Å². The van der Waals surface area contributed by atoms with Crippen molar-refractivity contribution in [2.75, 3.05) is 6.61 Å². The molecule has 0 aromatic carbocycles. The first kappa shape index (κ1) is 20.3. The van der Waals surface area contributed by atoms with Crippen LogP contribution in [0.15, 0.2) is 28.5 Å². The zero-order valence-electron chi connectivity index (χ0n) is 17.5. The van der Waals surface area contributed by atoms with E-state index in [2.05, 4.69) is 25.1 Å². The van der Waals surface area contributed by atoms with E-state index >= 15 is 0 Å². The lowest BCUT2D eigenvalue weighted by molar-refractivity contribution is -0.184. The Hall–Kier alpha value is -1.95. The Morgan fingerprint density at radius 1 is 1.24 bits per heavy atom. The molecule has 0 spiro atoms. The molecule has 6 heteroatoms. The highest BCUT2D eigenvalue weighted by Crippen LogP contribution is 2.67. The number of allylic oxidation sites excluding steroid dienone is 2. The third-order valence-corrected chi connectivity index (χ3v) is 8.57. The fourth-order valence-electron chi connectivity index (χ4n) is 6.85. The van der Waals surface area contributed by atoms with Crippen LogP contribution in [-0.2, 0) is 14.3 Å². The van der Waals surface area contributed by atoms with Crippen LogP contribution in [0.2, 0.25) is 0 Å². The molecule has 2 N–H and O–H groups in total. The number of fused-ring (bicyclic) bond motifs is 5. The summed E-state index contributed by atoms with van der Waals surface area (Å²) in [5.41, 5.74) is 1.08. The van der Waals surface area contributed by atoms with Crippen molar-refractivity contribution in [3.8, 4) is 0 Å². The van der Waals surface area contributed by atoms with Crippen LogP contribution in [0.25, 0.3) is 0 Å². The molecule has 5 atom stereocenters. The molecule has 2 saturated carbocycles. The number of aliphatic hydroxyl groups is 1. The highest BCUT2D eigenvalue weighted by molar-refractivity contribution is 6.03. The number of hydrogen-bond donors (Lipinski definition) is 2. The third kappa shape index (κ3) is 2.82. The number of nitrogens with zero attached hydrogens (tertiary/aromatic N) is 1. The fraction of sp³-hybridized carbons (Fsp3) is 0.696. The van der Waals surface area contributed by atoms with Gasteiger partial charge in [0.2, 0.25) is 0 Å². The van der Waals surface area contributed by atoms with Crippen LogP contribution in [0.3, 0.4) is 0 Å². The average molecular weight is 402 g/mol. The molecule has 0 unspecified atom stereocenters. The Morgan fingerprint density at radius 2 is 2.00 bits per heavy atom. The quantitative estimate of drug-likeness (QED) is 0.326. The lowest BCUT2D eigenvalue weighted by Crippen LogP contribution is -2.63. The van der Waals surface area contributed by atoms with Crippen molar-refractivity contribution in [2.45, 2.75) is 71.3 Å². The molecule has 0 radical (unpaired) electrons. The molecule has 0 aromatic rings. The van der Waals surface area contributed by atoms with Gasteiger partial charge in [-0.15, -0.1) is 0 Å². The molecule has 0 saturated heterocycles. The van der Waals surface area contributed by atoms with Gasteiger partial charge in [-0.05, 0) is 67.4 Å². The van der Waals surface area contributed by atoms with Gasteiger partial charge in [-0.1, -0.05) is 30.7 Å². The Kier molecular flexibility index (Phi) is 4.76. The Bertz CT molecular complexity index is 842. The summed E-state index contributed by atoms with van der Waals surface area (Å²) in [4.78, 5) is 23.2. The van der Waals surface area contributed by atoms with Crippen LogP contribution >= 0.6 is 0 Å². The first-order chi connectivity index (χ1) is 13.7. The standard InChI is InChI=1S/C23H31NO5/c1-14(25)29-13-20(24-28)19-7-6-17-18-5-4-15-12-16(26)8-9-22(15,3)23(18,27)11-10-21(17,19)2/h7,12,17-18,27-28H,4-6,8-11,13H2,1-3H3/b24-20-/t17-,18-,21-,22-,23+/m0/s1. The summed E-state index contributed by atoms with van der Waals surface area (Å²) >= 11 is 0. The summed E-state index contributed by atoms with van der Waals surface area (Å²) < 4.78 is 5.10. The van der Waals surface area contributed by atoms with E-state index in [1.54, 1.807) is 6.08 Å². The number of esters is 1. The zero-order valence-corrected chi connectivity index (χ0v) is 17.5. The summed E-state index contributed by atoms with van der Waals surface area (Å²) in [6, 6.07) is 0. The third-order valence-electron chi connectivity index (χ3n) is 8.57. The average Bonchev–Trinajstić information content (AvgIpc) is 3.01. The number of ether oxygens (including phenoxy) is 1. The number of oxime groups is 1. The van der Waals surface area contributed by atoms with E-state index in [-0.39, 0.29) is 35.1 Å². The molecular formula is C23H31NO5. The fourth-order valence-corrected chi connectivity index (χ4v) is 6.85. The van der Waals surface area contributed by atoms with Gasteiger partial charge in [0.15, 0.2) is 5.78 Å². The van der Waals surface area contributed by atoms with Crippen molar-refractivity contribution < 1.29 is 24.6 Å². The second kappa shape index (κ2) is 6.79. The van der Waals surface area contributed by atoms with Crippen LogP contribution < -0.4 is 0 Å². The second-order valence-electron chi connectivity index (χ2n) is 9.74. The molecule has 158 valence electrons. The maximum absolute atomic E-state index is 12.0. The maximum atomic E-state index is 12.0. The first-order valence-corrected chi connectivity index (χ1v) is 10.7. The van der Waals surface area contributed by atoms with Gasteiger partial charge in [-0.2, -0.15) is 0 Å². The van der Waals surface area contributed by atoms with E-state index in [0.717, 1.165) is 36.8 Å². The largest absolute Gasteiger partial charge is 0.459 e. The van der Waals surface area contributed by atoms with E-state index in [9.17, 15) is 19.9 Å². The number of rotatable bonds is 3. The number of hydrogen-bond acceptors (Lipinski definition) is 6. The predicted molar refractivity (Wildman–Crippen MR) is 107 cm³/mol. The molecule has 0 amide bonds. The minimum absolute atomic E-state index is 0.0401. The van der Waals surface area contributed by atoms with Gasteiger partial charge < -0.3 is 15.1 Å². The Morgan fingerprint density at radius 3 is 2.69 bits per heavy atom. The minimum atomic E-state index is -0.822. The molecule has 4 rings (SSSR count). The summed E-state index contributed by atoms with van der Waals surface area (Å²) in [6.45, 7) is 5.63. The van der Waals surface area contributed by atoms with Gasteiger partial charge in [0.05, 0.1) is 5.60 Å². The normalized spacial score (nSPS) is 41.7. The molecular weight excluding hydrogens is 370 g/mol. The molecule has 0 aliphatic heterocycles. The maximum Gasteiger partial charge on any atom is 0.303 e. The molecule has 0 aromatic heterocycles. The van der Waals surface area contributed by atoms with E-state index < -0.39 is 11.6 Å². The lowest BCUT2D eigenvalue weighted by Gasteiger charge is -2.62. The molecule has 0 heterocycles. The van der Waals surface area contributed by atoms with Gasteiger partial charge in [-0.25, -0.2) is 0 Å². The minimum Gasteiger partial charge on any atom is -0.459 e. The van der Waals surface area contributed by atoms with Crippen LogP contribution in [-0.4, -0.2) is 40.0 Å². The van der Waals surface area contributed by atoms with Gasteiger partial charge >= 0.3 is 5.97 Å². The molecule has 0 bridgehead atoms. The highest BCUT2D eigenvalue weighted by atomic mass is 16.5. The van der Waals surface area contributed by atoms with E-state index in [1.807, 2.05) is 0 Å². The van der Waals surface area contributed by atoms with E-state index in [4.69, 9.17) is 4.74 Å². The highest BCUT2D eigenvalue weighted by Gasteiger charge is 2.64. The first-order valence-electron chi connectivity index (χ1n) is 10.7. The molecule has 4 aliphatic carbocycles. The van der Waals surface area contributed by atoms with Crippen molar-refractivity contribution in [1.82, 2.24) is 0 Å². The van der Waals surface area contributed by atoms with Crippen molar-refractivity contribution in [3.63, 3.8) is 0 Å². The Balaban J connectivity index is 1.64. The van der Waals surface area contributed by atoms with Gasteiger partial charge in [0.25, 0.3) is 0 Å².